The summed E-state index contributed by atoms with van der Waals surface area (Å²) in [4.78, 5) is 15.3. The lowest BCUT2D eigenvalue weighted by Gasteiger charge is -2.33. The summed E-state index contributed by atoms with van der Waals surface area (Å²) >= 11 is 0. The van der Waals surface area contributed by atoms with Gasteiger partial charge in [-0.3, -0.25) is 15.6 Å². The lowest BCUT2D eigenvalue weighted by Crippen LogP contribution is -2.37. The normalized spacial score (nSPS) is 33.3. The molecule has 0 radical (unpaired) electrons. The molecule has 2 saturated carbocycles. The first-order valence-electron chi connectivity index (χ1n) is 12.9. The highest BCUT2D eigenvalue weighted by Gasteiger charge is 2.67. The number of nitrogens with one attached hydrogen (secondary N) is 3. The second-order valence-electron chi connectivity index (χ2n) is 11.1. The molecule has 0 bridgehead atoms. The number of hydrogen-bond donors (Lipinski definition) is 3. The zero-order valence-electron chi connectivity index (χ0n) is 20.9. The van der Waals surface area contributed by atoms with Crippen molar-refractivity contribution in [3.05, 3.63) is 65.2 Å². The first-order valence-corrected chi connectivity index (χ1v) is 12.9. The molecule has 6 rings (SSSR count). The Morgan fingerprint density at radius 2 is 2.03 bits per heavy atom. The van der Waals surface area contributed by atoms with Crippen LogP contribution < -0.4 is 20.9 Å². The minimum Gasteiger partial charge on any atom is -0.497 e. The summed E-state index contributed by atoms with van der Waals surface area (Å²) in [6.45, 7) is 0.953. The Bertz CT molecular complexity index is 1160. The lowest BCUT2D eigenvalue weighted by atomic mass is 9.73. The Balaban J connectivity index is 1.12. The van der Waals surface area contributed by atoms with Crippen molar-refractivity contribution in [2.75, 3.05) is 26.5 Å². The molecule has 6 atom stereocenters. The number of anilines is 1. The van der Waals surface area contributed by atoms with Crippen molar-refractivity contribution < 1.29 is 9.53 Å². The molecule has 3 fully saturated rings. The van der Waals surface area contributed by atoms with Crippen molar-refractivity contribution in [3.63, 3.8) is 0 Å². The first kappa shape index (κ1) is 22.8. The van der Waals surface area contributed by atoms with E-state index < -0.39 is 0 Å². The third-order valence-electron chi connectivity index (χ3n) is 8.73. The molecular weight excluding hydrogens is 436 g/mol. The SMILES string of the molecule is COc1ccc2c(c1)[C@]1(C[C@H]1C1CCC3C(/C=C/c4cccc(CN(C)C)c4)NNC3C1)C(=O)N2. The van der Waals surface area contributed by atoms with E-state index in [1.54, 1.807) is 7.11 Å². The van der Waals surface area contributed by atoms with E-state index in [1.165, 1.54) is 24.0 Å². The molecule has 6 nitrogen and oxygen atoms in total. The molecule has 4 aliphatic rings. The van der Waals surface area contributed by atoms with Crippen LogP contribution in [-0.2, 0) is 16.8 Å². The number of hydrazine groups is 1. The fourth-order valence-corrected chi connectivity index (χ4v) is 6.98. The molecule has 0 aromatic heterocycles. The Labute approximate surface area is 208 Å². The highest BCUT2D eigenvalue weighted by atomic mass is 16.5. The Kier molecular flexibility index (Phi) is 5.71. The average molecular weight is 473 g/mol. The van der Waals surface area contributed by atoms with Crippen LogP contribution in [0.1, 0.15) is 42.4 Å². The van der Waals surface area contributed by atoms with Crippen LogP contribution in [0.4, 0.5) is 5.69 Å². The van der Waals surface area contributed by atoms with Gasteiger partial charge < -0.3 is 15.0 Å². The van der Waals surface area contributed by atoms with E-state index in [4.69, 9.17) is 4.74 Å². The van der Waals surface area contributed by atoms with Gasteiger partial charge in [0.1, 0.15) is 5.75 Å². The number of rotatable bonds is 6. The molecule has 184 valence electrons. The maximum Gasteiger partial charge on any atom is 0.235 e. The summed E-state index contributed by atoms with van der Waals surface area (Å²) in [6.07, 6.45) is 9.05. The topological polar surface area (TPSA) is 65.6 Å². The molecule has 1 spiro atoms. The van der Waals surface area contributed by atoms with Crippen molar-refractivity contribution in [1.29, 1.82) is 0 Å². The number of carbonyl (C=O) groups excluding carboxylic acids is 1. The molecule has 3 N–H and O–H groups in total. The van der Waals surface area contributed by atoms with Crippen LogP contribution >= 0.6 is 0 Å². The van der Waals surface area contributed by atoms with Crippen LogP contribution in [0.5, 0.6) is 5.75 Å². The summed E-state index contributed by atoms with van der Waals surface area (Å²) < 4.78 is 5.46. The minimum absolute atomic E-state index is 0.183. The van der Waals surface area contributed by atoms with Gasteiger partial charge in [0.15, 0.2) is 0 Å². The van der Waals surface area contributed by atoms with Crippen molar-refractivity contribution in [2.24, 2.45) is 17.8 Å². The summed E-state index contributed by atoms with van der Waals surface area (Å²) in [5.74, 6) is 2.60. The highest BCUT2D eigenvalue weighted by Crippen LogP contribution is 2.65. The van der Waals surface area contributed by atoms with Gasteiger partial charge in [0, 0.05) is 24.3 Å². The van der Waals surface area contributed by atoms with Gasteiger partial charge >= 0.3 is 0 Å². The van der Waals surface area contributed by atoms with Crippen LogP contribution in [-0.4, -0.2) is 44.1 Å². The Hall–Kier alpha value is -2.67. The molecule has 1 saturated heterocycles. The third-order valence-corrected chi connectivity index (χ3v) is 8.73. The lowest BCUT2D eigenvalue weighted by molar-refractivity contribution is -0.118. The fraction of sp³-hybridized carbons (Fsp3) is 0.483. The zero-order valence-corrected chi connectivity index (χ0v) is 20.9. The van der Waals surface area contributed by atoms with Gasteiger partial charge in [-0.15, -0.1) is 0 Å². The maximum absolute atomic E-state index is 13.1. The van der Waals surface area contributed by atoms with Gasteiger partial charge in [-0.25, -0.2) is 0 Å². The van der Waals surface area contributed by atoms with E-state index in [2.05, 4.69) is 77.6 Å². The van der Waals surface area contributed by atoms with E-state index in [0.29, 0.717) is 29.8 Å². The van der Waals surface area contributed by atoms with Crippen molar-refractivity contribution in [1.82, 2.24) is 15.8 Å². The van der Waals surface area contributed by atoms with Crippen molar-refractivity contribution >= 4 is 17.7 Å². The molecule has 2 aliphatic heterocycles. The number of ether oxygens (including phenoxy) is 1. The number of amides is 1. The van der Waals surface area contributed by atoms with Crippen LogP contribution in [0.15, 0.2) is 48.5 Å². The number of fused-ring (bicyclic) bond motifs is 3. The molecular formula is C29H36N4O2. The van der Waals surface area contributed by atoms with Crippen LogP contribution in [0.25, 0.3) is 6.08 Å². The maximum atomic E-state index is 13.1. The van der Waals surface area contributed by atoms with Crippen molar-refractivity contribution in [3.8, 4) is 5.75 Å². The number of nitrogens with zero attached hydrogens (tertiary/aromatic N) is 1. The Morgan fingerprint density at radius 3 is 2.86 bits per heavy atom. The van der Waals surface area contributed by atoms with Crippen LogP contribution in [0, 0.1) is 17.8 Å². The smallest absolute Gasteiger partial charge is 0.235 e. The van der Waals surface area contributed by atoms with Crippen molar-refractivity contribution in [2.45, 2.75) is 49.7 Å². The highest BCUT2D eigenvalue weighted by molar-refractivity contribution is 6.09. The molecule has 2 heterocycles. The van der Waals surface area contributed by atoms with Crippen LogP contribution in [0.2, 0.25) is 0 Å². The molecule has 35 heavy (non-hydrogen) atoms. The fourth-order valence-electron chi connectivity index (χ4n) is 6.98. The monoisotopic (exact) mass is 472 g/mol. The quantitative estimate of drug-likeness (QED) is 0.594. The van der Waals surface area contributed by atoms with Gasteiger partial charge in [-0.2, -0.15) is 0 Å². The molecule has 2 aliphatic carbocycles. The third kappa shape index (κ3) is 3.98. The Morgan fingerprint density at radius 1 is 1.14 bits per heavy atom. The number of carbonyl (C=O) groups is 1. The molecule has 4 unspecified atom stereocenters. The molecule has 1 amide bonds. The summed E-state index contributed by atoms with van der Waals surface area (Å²) in [5, 5.41) is 3.14. The molecule has 6 heteroatoms. The van der Waals surface area contributed by atoms with Gasteiger partial charge in [-0.1, -0.05) is 36.4 Å². The number of benzene rings is 2. The number of methoxy groups -OCH3 is 1. The summed E-state index contributed by atoms with van der Waals surface area (Å²) in [6, 6.07) is 15.6. The van der Waals surface area contributed by atoms with E-state index in [-0.39, 0.29) is 11.3 Å². The van der Waals surface area contributed by atoms with Gasteiger partial charge in [0.05, 0.1) is 12.5 Å². The second-order valence-corrected chi connectivity index (χ2v) is 11.1. The summed E-state index contributed by atoms with van der Waals surface area (Å²) in [7, 11) is 5.89. The molecule has 2 aromatic carbocycles. The van der Waals surface area contributed by atoms with E-state index in [9.17, 15) is 4.79 Å². The summed E-state index contributed by atoms with van der Waals surface area (Å²) in [5.41, 5.74) is 11.5. The van der Waals surface area contributed by atoms with E-state index in [1.807, 2.05) is 12.1 Å². The van der Waals surface area contributed by atoms with Gasteiger partial charge in [-0.05, 0) is 92.4 Å². The number of hydrogen-bond acceptors (Lipinski definition) is 5. The van der Waals surface area contributed by atoms with Gasteiger partial charge in [0.2, 0.25) is 5.91 Å². The zero-order chi connectivity index (χ0) is 24.2. The first-order chi connectivity index (χ1) is 17.0. The minimum atomic E-state index is -0.343. The molecule has 2 aromatic rings. The predicted octanol–water partition coefficient (Wildman–Crippen LogP) is 3.94. The van der Waals surface area contributed by atoms with Crippen LogP contribution in [0.3, 0.4) is 0 Å². The van der Waals surface area contributed by atoms with Gasteiger partial charge in [0.25, 0.3) is 0 Å². The van der Waals surface area contributed by atoms with E-state index in [0.717, 1.165) is 36.4 Å². The average Bonchev–Trinajstić information content (AvgIpc) is 3.39. The standard InChI is InChI=1S/C29H36N4O2/c1-33(2)17-19-6-4-5-18(13-19)7-11-25-22-10-8-20(14-27(22)32-31-25)24-16-29(24)23-15-21(35-3)9-12-26(23)30-28(29)34/h4-7,9,11-13,15,20,22,24-25,27,31-32H,8,10,14,16-17H2,1-3H3,(H,30,34)/b11-7+/t20?,22?,24-,25?,27?,29-/m0/s1. The largest absolute Gasteiger partial charge is 0.497 e. The van der Waals surface area contributed by atoms with E-state index >= 15 is 0 Å². The predicted molar refractivity (Wildman–Crippen MR) is 139 cm³/mol. The second kappa shape index (κ2) is 8.77.